The fourth-order valence-corrected chi connectivity index (χ4v) is 1.71. The smallest absolute Gasteiger partial charge is 0.0718 e. The maximum absolute atomic E-state index is 5.58. The van der Waals surface area contributed by atoms with Crippen LogP contribution in [0.3, 0.4) is 0 Å². The van der Waals surface area contributed by atoms with E-state index in [1.807, 2.05) is 13.8 Å². The SMILES string of the molecule is CC.CCCOCCOCCOCc1cccc(CC)c1. The number of rotatable bonds is 11. The molecule has 0 unspecified atom stereocenters. The van der Waals surface area contributed by atoms with E-state index in [0.29, 0.717) is 33.0 Å². The van der Waals surface area contributed by atoms with Gasteiger partial charge in [0, 0.05) is 6.61 Å². The quantitative estimate of drug-likeness (QED) is 0.572. The van der Waals surface area contributed by atoms with Gasteiger partial charge in [0.2, 0.25) is 0 Å². The highest BCUT2D eigenvalue weighted by molar-refractivity contribution is 5.22. The van der Waals surface area contributed by atoms with Crippen molar-refractivity contribution in [3.05, 3.63) is 35.4 Å². The second kappa shape index (κ2) is 15.5. The topological polar surface area (TPSA) is 27.7 Å². The lowest BCUT2D eigenvalue weighted by atomic mass is 10.1. The van der Waals surface area contributed by atoms with E-state index in [2.05, 4.69) is 38.1 Å². The largest absolute Gasteiger partial charge is 0.379 e. The average Bonchev–Trinajstić information content (AvgIpc) is 2.55. The van der Waals surface area contributed by atoms with Crippen molar-refractivity contribution in [1.29, 1.82) is 0 Å². The average molecular weight is 296 g/mol. The highest BCUT2D eigenvalue weighted by atomic mass is 16.5. The van der Waals surface area contributed by atoms with Crippen LogP contribution < -0.4 is 0 Å². The molecule has 0 radical (unpaired) electrons. The van der Waals surface area contributed by atoms with Gasteiger partial charge in [-0.1, -0.05) is 52.0 Å². The molecule has 0 aromatic heterocycles. The Hall–Kier alpha value is -0.900. The van der Waals surface area contributed by atoms with Crippen LogP contribution in [0.4, 0.5) is 0 Å². The Morgan fingerprint density at radius 1 is 0.762 bits per heavy atom. The van der Waals surface area contributed by atoms with Gasteiger partial charge in [0.25, 0.3) is 0 Å². The lowest BCUT2D eigenvalue weighted by molar-refractivity contribution is 0.0107. The number of benzene rings is 1. The predicted molar refractivity (Wildman–Crippen MR) is 88.8 cm³/mol. The number of hydrogen-bond donors (Lipinski definition) is 0. The maximum atomic E-state index is 5.58. The molecule has 0 saturated heterocycles. The number of hydrogen-bond acceptors (Lipinski definition) is 3. The molecule has 0 amide bonds. The second-order valence-electron chi connectivity index (χ2n) is 4.45. The highest BCUT2D eigenvalue weighted by Gasteiger charge is 1.95. The minimum absolute atomic E-state index is 0.628. The molecule has 0 aliphatic heterocycles. The second-order valence-corrected chi connectivity index (χ2v) is 4.45. The van der Waals surface area contributed by atoms with Crippen molar-refractivity contribution in [2.24, 2.45) is 0 Å². The van der Waals surface area contributed by atoms with Gasteiger partial charge < -0.3 is 14.2 Å². The molecule has 0 aliphatic carbocycles. The summed E-state index contributed by atoms with van der Waals surface area (Å²) >= 11 is 0. The first-order chi connectivity index (χ1) is 10.4. The summed E-state index contributed by atoms with van der Waals surface area (Å²) in [6, 6.07) is 8.51. The highest BCUT2D eigenvalue weighted by Crippen LogP contribution is 2.07. The summed E-state index contributed by atoms with van der Waals surface area (Å²) in [7, 11) is 0. The Balaban J connectivity index is 0.00000191. The zero-order valence-corrected chi connectivity index (χ0v) is 14.2. The van der Waals surface area contributed by atoms with Crippen LogP contribution in [-0.2, 0) is 27.2 Å². The van der Waals surface area contributed by atoms with E-state index < -0.39 is 0 Å². The predicted octanol–water partition coefficient (Wildman–Crippen LogP) is 4.24. The van der Waals surface area contributed by atoms with E-state index in [-0.39, 0.29) is 0 Å². The first kappa shape index (κ1) is 20.1. The maximum Gasteiger partial charge on any atom is 0.0718 e. The molecule has 0 spiro atoms. The van der Waals surface area contributed by atoms with Crippen molar-refractivity contribution >= 4 is 0 Å². The molecular formula is C18H32O3. The van der Waals surface area contributed by atoms with Crippen molar-refractivity contribution in [3.8, 4) is 0 Å². The van der Waals surface area contributed by atoms with Gasteiger partial charge in [0.05, 0.1) is 33.0 Å². The minimum atomic E-state index is 0.628. The van der Waals surface area contributed by atoms with Gasteiger partial charge >= 0.3 is 0 Å². The Bertz CT molecular complexity index is 326. The molecular weight excluding hydrogens is 264 g/mol. The normalized spacial score (nSPS) is 10.1. The molecule has 0 atom stereocenters. The summed E-state index contributed by atoms with van der Waals surface area (Å²) in [5, 5.41) is 0. The van der Waals surface area contributed by atoms with Gasteiger partial charge in [-0.05, 0) is 24.0 Å². The third kappa shape index (κ3) is 11.4. The van der Waals surface area contributed by atoms with E-state index in [0.717, 1.165) is 19.4 Å². The molecule has 3 nitrogen and oxygen atoms in total. The molecule has 0 aliphatic rings. The molecule has 0 N–H and O–H groups in total. The molecule has 3 heteroatoms. The summed E-state index contributed by atoms with van der Waals surface area (Å²) in [5.41, 5.74) is 2.58. The molecule has 21 heavy (non-hydrogen) atoms. The molecule has 122 valence electrons. The Morgan fingerprint density at radius 2 is 1.33 bits per heavy atom. The molecule has 1 aromatic rings. The van der Waals surface area contributed by atoms with Crippen LogP contribution in [0, 0.1) is 0 Å². The molecule has 1 rings (SSSR count). The Kier molecular flexibility index (Phi) is 14.8. The van der Waals surface area contributed by atoms with Crippen LogP contribution in [0.25, 0.3) is 0 Å². The van der Waals surface area contributed by atoms with Gasteiger partial charge in [0.15, 0.2) is 0 Å². The lowest BCUT2D eigenvalue weighted by Gasteiger charge is -2.07. The van der Waals surface area contributed by atoms with E-state index in [1.54, 1.807) is 0 Å². The lowest BCUT2D eigenvalue weighted by Crippen LogP contribution is -2.09. The first-order valence-corrected chi connectivity index (χ1v) is 8.17. The molecule has 0 bridgehead atoms. The van der Waals surface area contributed by atoms with Gasteiger partial charge in [-0.3, -0.25) is 0 Å². The van der Waals surface area contributed by atoms with Crippen molar-refractivity contribution in [2.45, 2.75) is 47.1 Å². The monoisotopic (exact) mass is 296 g/mol. The minimum Gasteiger partial charge on any atom is -0.379 e. The van der Waals surface area contributed by atoms with Crippen LogP contribution in [-0.4, -0.2) is 33.0 Å². The third-order valence-corrected chi connectivity index (χ3v) is 2.76. The van der Waals surface area contributed by atoms with E-state index in [1.165, 1.54) is 11.1 Å². The summed E-state index contributed by atoms with van der Waals surface area (Å²) in [5.74, 6) is 0. The number of aryl methyl sites for hydroxylation is 1. The van der Waals surface area contributed by atoms with E-state index in [4.69, 9.17) is 14.2 Å². The van der Waals surface area contributed by atoms with Gasteiger partial charge in [-0.25, -0.2) is 0 Å². The summed E-state index contributed by atoms with van der Waals surface area (Å²) in [4.78, 5) is 0. The standard InChI is InChI=1S/C16H26O3.C2H6/c1-3-8-17-9-10-18-11-12-19-14-16-7-5-6-15(4-2)13-16;1-2/h5-7,13H,3-4,8-12,14H2,1-2H3;1-2H3. The molecule has 0 fully saturated rings. The first-order valence-electron chi connectivity index (χ1n) is 8.17. The van der Waals surface area contributed by atoms with Crippen molar-refractivity contribution in [1.82, 2.24) is 0 Å². The third-order valence-electron chi connectivity index (χ3n) is 2.76. The van der Waals surface area contributed by atoms with E-state index in [9.17, 15) is 0 Å². The van der Waals surface area contributed by atoms with Gasteiger partial charge in [-0.15, -0.1) is 0 Å². The zero-order valence-electron chi connectivity index (χ0n) is 14.2. The van der Waals surface area contributed by atoms with Crippen LogP contribution in [0.15, 0.2) is 24.3 Å². The van der Waals surface area contributed by atoms with Crippen molar-refractivity contribution in [3.63, 3.8) is 0 Å². The molecule has 0 heterocycles. The van der Waals surface area contributed by atoms with Crippen LogP contribution >= 0.6 is 0 Å². The summed E-state index contributed by atoms with van der Waals surface area (Å²) in [6.07, 6.45) is 2.12. The summed E-state index contributed by atoms with van der Waals surface area (Å²) in [6.45, 7) is 12.3. The van der Waals surface area contributed by atoms with Gasteiger partial charge in [0.1, 0.15) is 0 Å². The van der Waals surface area contributed by atoms with E-state index >= 15 is 0 Å². The van der Waals surface area contributed by atoms with Crippen LogP contribution in [0.2, 0.25) is 0 Å². The Labute approximate surface area is 130 Å². The Morgan fingerprint density at radius 3 is 1.95 bits per heavy atom. The fraction of sp³-hybridized carbons (Fsp3) is 0.667. The zero-order chi connectivity index (χ0) is 15.8. The molecule has 0 saturated carbocycles. The summed E-state index contributed by atoms with van der Waals surface area (Å²) < 4.78 is 16.3. The van der Waals surface area contributed by atoms with Crippen LogP contribution in [0.1, 0.15) is 45.2 Å². The van der Waals surface area contributed by atoms with Crippen molar-refractivity contribution in [2.75, 3.05) is 33.0 Å². The van der Waals surface area contributed by atoms with Gasteiger partial charge in [-0.2, -0.15) is 0 Å². The van der Waals surface area contributed by atoms with Crippen LogP contribution in [0.5, 0.6) is 0 Å². The number of ether oxygens (including phenoxy) is 3. The molecule has 1 aromatic carbocycles. The fourth-order valence-electron chi connectivity index (χ4n) is 1.71. The van der Waals surface area contributed by atoms with Crippen molar-refractivity contribution < 1.29 is 14.2 Å².